The molecule has 0 saturated heterocycles. The largest absolute Gasteiger partial charge is 0.457 e. The molecule has 2 heterocycles. The van der Waals surface area contributed by atoms with E-state index < -0.39 is 0 Å². The Morgan fingerprint density at radius 3 is 2.59 bits per heavy atom. The summed E-state index contributed by atoms with van der Waals surface area (Å²) >= 11 is 0. The molecular weight excluding hydrogens is 432 g/mol. The Bertz CT molecular complexity index is 1270. The monoisotopic (exact) mass is 458 g/mol. The minimum atomic E-state index is -0.283. The van der Waals surface area contributed by atoms with Gasteiger partial charge in [-0.2, -0.15) is 5.10 Å². The van der Waals surface area contributed by atoms with Gasteiger partial charge in [-0.1, -0.05) is 24.8 Å². The predicted octanol–water partition coefficient (Wildman–Crippen LogP) is 3.48. The number of fused-ring (bicyclic) bond motifs is 1. The highest BCUT2D eigenvalue weighted by Gasteiger charge is 2.22. The van der Waals surface area contributed by atoms with E-state index in [2.05, 4.69) is 21.9 Å². The van der Waals surface area contributed by atoms with Gasteiger partial charge in [0.05, 0.1) is 11.4 Å². The van der Waals surface area contributed by atoms with Gasteiger partial charge < -0.3 is 20.9 Å². The van der Waals surface area contributed by atoms with Crippen molar-refractivity contribution in [1.82, 2.24) is 25.1 Å². The van der Waals surface area contributed by atoms with E-state index in [4.69, 9.17) is 15.6 Å². The first-order valence-corrected chi connectivity index (χ1v) is 10.9. The number of anilines is 1. The molecule has 34 heavy (non-hydrogen) atoms. The topological polar surface area (TPSA) is 128 Å². The third-order valence-corrected chi connectivity index (χ3v) is 5.36. The molecule has 0 unspecified atom stereocenters. The van der Waals surface area contributed by atoms with Crippen LogP contribution in [0.15, 0.2) is 73.6 Å². The molecule has 9 nitrogen and oxygen atoms in total. The molecule has 0 aliphatic heterocycles. The van der Waals surface area contributed by atoms with Crippen LogP contribution in [0.5, 0.6) is 11.5 Å². The minimum Gasteiger partial charge on any atom is -0.457 e. The number of aliphatic hydroxyl groups is 1. The van der Waals surface area contributed by atoms with Crippen LogP contribution in [0.2, 0.25) is 0 Å². The summed E-state index contributed by atoms with van der Waals surface area (Å²) in [5.74, 6) is 1.47. The van der Waals surface area contributed by atoms with Gasteiger partial charge >= 0.3 is 0 Å². The molecule has 0 fully saturated rings. The highest BCUT2D eigenvalue weighted by Crippen LogP contribution is 2.33. The summed E-state index contributed by atoms with van der Waals surface area (Å²) in [6.07, 6.45) is 3.73. The number of carbonyl (C=O) groups is 1. The normalized spacial score (nSPS) is 11.8. The average Bonchev–Trinajstić information content (AvgIpc) is 3.26. The summed E-state index contributed by atoms with van der Waals surface area (Å²) in [7, 11) is 0. The fraction of sp³-hybridized carbons (Fsp3) is 0.200. The molecule has 0 radical (unpaired) electrons. The molecule has 2 aromatic heterocycles. The average molecular weight is 459 g/mol. The van der Waals surface area contributed by atoms with Crippen molar-refractivity contribution in [2.45, 2.75) is 18.9 Å². The molecule has 9 heteroatoms. The lowest BCUT2D eigenvalue weighted by molar-refractivity contribution is -0.116. The molecule has 2 aromatic carbocycles. The number of hydrogen-bond acceptors (Lipinski definition) is 7. The summed E-state index contributed by atoms with van der Waals surface area (Å²) in [5.41, 5.74) is 8.24. The first-order valence-electron chi connectivity index (χ1n) is 10.9. The molecule has 0 spiro atoms. The molecular formula is C25H26N6O3. The second-order valence-corrected chi connectivity index (χ2v) is 7.66. The van der Waals surface area contributed by atoms with Gasteiger partial charge in [-0.15, -0.1) is 0 Å². The Hall–Kier alpha value is -4.24. The van der Waals surface area contributed by atoms with Gasteiger partial charge in [0.1, 0.15) is 29.3 Å². The first kappa shape index (κ1) is 22.9. The maximum atomic E-state index is 11.8. The predicted molar refractivity (Wildman–Crippen MR) is 130 cm³/mol. The molecule has 0 aliphatic rings. The van der Waals surface area contributed by atoms with Crippen LogP contribution in [-0.2, 0) is 4.79 Å². The van der Waals surface area contributed by atoms with Crippen molar-refractivity contribution in [2.24, 2.45) is 0 Å². The van der Waals surface area contributed by atoms with Crippen LogP contribution in [0.3, 0.4) is 0 Å². The second kappa shape index (κ2) is 10.6. The van der Waals surface area contributed by atoms with Gasteiger partial charge in [-0.3, -0.25) is 4.79 Å². The lowest BCUT2D eigenvalue weighted by atomic mass is 10.1. The number of rotatable bonds is 10. The number of benzene rings is 2. The summed E-state index contributed by atoms with van der Waals surface area (Å²) in [6, 6.07) is 16.8. The number of ether oxygens (including phenoxy) is 1. The highest BCUT2D eigenvalue weighted by atomic mass is 16.5. The zero-order valence-corrected chi connectivity index (χ0v) is 18.6. The summed E-state index contributed by atoms with van der Waals surface area (Å²) in [4.78, 5) is 20.3. The zero-order chi connectivity index (χ0) is 23.9. The van der Waals surface area contributed by atoms with Gasteiger partial charge in [-0.05, 0) is 55.3 Å². The molecule has 4 rings (SSSR count). The number of aliphatic hydroxyl groups excluding tert-OH is 1. The number of nitrogens with zero attached hydrogens (tertiary/aromatic N) is 4. The van der Waals surface area contributed by atoms with E-state index in [1.54, 1.807) is 4.68 Å². The Morgan fingerprint density at radius 2 is 1.88 bits per heavy atom. The first-order chi connectivity index (χ1) is 16.6. The van der Waals surface area contributed by atoms with Crippen molar-refractivity contribution in [3.63, 3.8) is 0 Å². The van der Waals surface area contributed by atoms with Gasteiger partial charge in [0.15, 0.2) is 5.65 Å². The van der Waals surface area contributed by atoms with Gasteiger partial charge in [0.2, 0.25) is 5.91 Å². The number of hydrogen-bond donors (Lipinski definition) is 3. The smallest absolute Gasteiger partial charge is 0.243 e. The number of carbonyl (C=O) groups excluding carboxylic acids is 1. The van der Waals surface area contributed by atoms with Crippen molar-refractivity contribution >= 4 is 22.8 Å². The number of amides is 1. The molecule has 0 saturated carbocycles. The third kappa shape index (κ3) is 5.05. The molecule has 4 aromatic rings. The lowest BCUT2D eigenvalue weighted by Gasteiger charge is -2.18. The van der Waals surface area contributed by atoms with Crippen LogP contribution in [0, 0.1) is 0 Å². The fourth-order valence-electron chi connectivity index (χ4n) is 3.69. The van der Waals surface area contributed by atoms with Crippen LogP contribution >= 0.6 is 0 Å². The van der Waals surface area contributed by atoms with Crippen molar-refractivity contribution < 1.29 is 14.6 Å². The third-order valence-electron chi connectivity index (χ3n) is 5.36. The van der Waals surface area contributed by atoms with Gasteiger partial charge in [0, 0.05) is 18.7 Å². The molecule has 4 N–H and O–H groups in total. The van der Waals surface area contributed by atoms with E-state index in [9.17, 15) is 9.90 Å². The Kier molecular flexibility index (Phi) is 7.14. The van der Waals surface area contributed by atoms with Crippen molar-refractivity contribution in [1.29, 1.82) is 0 Å². The number of nitrogens with two attached hydrogens (primary N) is 1. The van der Waals surface area contributed by atoms with Crippen LogP contribution in [0.1, 0.15) is 18.9 Å². The van der Waals surface area contributed by atoms with E-state index in [1.165, 1.54) is 12.4 Å². The Balaban J connectivity index is 1.70. The summed E-state index contributed by atoms with van der Waals surface area (Å²) in [6.45, 7) is 3.82. The van der Waals surface area contributed by atoms with Crippen molar-refractivity contribution in [3.8, 4) is 22.8 Å². The Labute approximate surface area is 196 Å². The van der Waals surface area contributed by atoms with Crippen molar-refractivity contribution in [3.05, 3.63) is 73.6 Å². The van der Waals surface area contributed by atoms with E-state index >= 15 is 0 Å². The molecule has 0 bridgehead atoms. The molecule has 174 valence electrons. The number of aromatic nitrogens is 4. The van der Waals surface area contributed by atoms with Gasteiger partial charge in [-0.25, -0.2) is 14.6 Å². The van der Waals surface area contributed by atoms with Crippen LogP contribution < -0.4 is 15.8 Å². The number of nitrogen functional groups attached to an aromatic ring is 1. The quantitative estimate of drug-likeness (QED) is 0.310. The van der Waals surface area contributed by atoms with Crippen molar-refractivity contribution in [2.75, 3.05) is 18.9 Å². The van der Waals surface area contributed by atoms with E-state index in [1.807, 2.05) is 54.6 Å². The SMILES string of the molecule is C=CC(=O)NC[C@@H](CCCO)n1nc(-c2ccc(Oc3ccccc3)cc2)c2c(N)ncnc21. The molecule has 1 amide bonds. The summed E-state index contributed by atoms with van der Waals surface area (Å²) in [5, 5.41) is 17.6. The second-order valence-electron chi connectivity index (χ2n) is 7.66. The molecule has 0 aliphatic carbocycles. The van der Waals surface area contributed by atoms with Gasteiger partial charge in [0.25, 0.3) is 0 Å². The fourth-order valence-corrected chi connectivity index (χ4v) is 3.69. The van der Waals surface area contributed by atoms with E-state index in [0.29, 0.717) is 47.7 Å². The summed E-state index contributed by atoms with van der Waals surface area (Å²) < 4.78 is 7.63. The minimum absolute atomic E-state index is 0.0258. The van der Waals surface area contributed by atoms with E-state index in [0.717, 1.165) is 11.3 Å². The zero-order valence-electron chi connectivity index (χ0n) is 18.6. The standard InChI is InChI=1S/C25H26N6O3/c1-2-21(33)27-15-18(7-6-14-32)31-25-22(24(26)28-16-29-25)23(30-31)17-10-12-20(13-11-17)34-19-8-4-3-5-9-19/h2-5,8-13,16,18,32H,1,6-7,14-15H2,(H,27,33)(H2,26,28,29)/t18-/m1/s1. The number of nitrogens with one attached hydrogen (secondary N) is 1. The maximum absolute atomic E-state index is 11.8. The van der Waals surface area contributed by atoms with Crippen LogP contribution in [-0.4, -0.2) is 43.9 Å². The molecule has 1 atom stereocenters. The highest BCUT2D eigenvalue weighted by molar-refractivity contribution is 5.98. The Morgan fingerprint density at radius 1 is 1.15 bits per heavy atom. The van der Waals surface area contributed by atoms with E-state index in [-0.39, 0.29) is 18.6 Å². The number of para-hydroxylation sites is 1. The maximum Gasteiger partial charge on any atom is 0.243 e. The lowest BCUT2D eigenvalue weighted by Crippen LogP contribution is -2.30. The van der Waals surface area contributed by atoms with Crippen LogP contribution in [0.4, 0.5) is 5.82 Å². The van der Waals surface area contributed by atoms with Crippen LogP contribution in [0.25, 0.3) is 22.3 Å².